The molecular weight excluding hydrogens is 414 g/mol. The van der Waals surface area contributed by atoms with Crippen LogP contribution in [0.25, 0.3) is 0 Å². The van der Waals surface area contributed by atoms with Crippen LogP contribution in [-0.4, -0.2) is 22.0 Å². The molecular formula is C27H35N3O3. The Labute approximate surface area is 196 Å². The maximum atomic E-state index is 12.6. The minimum atomic E-state index is -0.479. The van der Waals surface area contributed by atoms with Gasteiger partial charge in [0.15, 0.2) is 0 Å². The van der Waals surface area contributed by atoms with Gasteiger partial charge < -0.3 is 9.47 Å². The second-order valence-electron chi connectivity index (χ2n) is 9.24. The van der Waals surface area contributed by atoms with E-state index in [0.29, 0.717) is 29.8 Å². The van der Waals surface area contributed by atoms with Crippen molar-refractivity contribution in [3.63, 3.8) is 0 Å². The van der Waals surface area contributed by atoms with Gasteiger partial charge in [-0.3, -0.25) is 10.00 Å². The first-order chi connectivity index (χ1) is 15.7. The first kappa shape index (κ1) is 24.4. The van der Waals surface area contributed by atoms with Crippen molar-refractivity contribution in [1.82, 2.24) is 9.78 Å². The van der Waals surface area contributed by atoms with Crippen molar-refractivity contribution in [3.05, 3.63) is 72.1 Å². The van der Waals surface area contributed by atoms with E-state index < -0.39 is 6.09 Å². The van der Waals surface area contributed by atoms with E-state index in [4.69, 9.17) is 14.6 Å². The zero-order chi connectivity index (χ0) is 24.0. The number of rotatable bonds is 9. The van der Waals surface area contributed by atoms with Gasteiger partial charge in [0.25, 0.3) is 0 Å². The second-order valence-corrected chi connectivity index (χ2v) is 9.24. The topological polar surface area (TPSA) is 65.4 Å². The standard InChI is InChI=1S/C27H35N3O3/c1-18(2)24-16-25(19(3)4)30(29-24)17-26(20(5)6)33-27(31)28-21-12-14-23(15-13-21)32-22-10-8-7-9-11-22/h7-16,18-20,26H,17H2,1-6H3,(H,28,31)/t26-/m0/s1. The van der Waals surface area contributed by atoms with Crippen LogP contribution >= 0.6 is 0 Å². The molecule has 0 spiro atoms. The molecule has 3 rings (SSSR count). The molecule has 1 aromatic heterocycles. The van der Waals surface area contributed by atoms with Gasteiger partial charge >= 0.3 is 6.09 Å². The first-order valence-electron chi connectivity index (χ1n) is 11.6. The van der Waals surface area contributed by atoms with Gasteiger partial charge in [0.05, 0.1) is 12.2 Å². The molecule has 0 unspecified atom stereocenters. The zero-order valence-electron chi connectivity index (χ0n) is 20.4. The van der Waals surface area contributed by atoms with Crippen LogP contribution < -0.4 is 10.1 Å². The van der Waals surface area contributed by atoms with E-state index in [1.807, 2.05) is 47.1 Å². The Kier molecular flexibility index (Phi) is 8.15. The Hall–Kier alpha value is -3.28. The highest BCUT2D eigenvalue weighted by Crippen LogP contribution is 2.24. The maximum absolute atomic E-state index is 12.6. The third-order valence-electron chi connectivity index (χ3n) is 5.45. The van der Waals surface area contributed by atoms with Crippen LogP contribution in [0.3, 0.4) is 0 Å². The summed E-state index contributed by atoms with van der Waals surface area (Å²) >= 11 is 0. The summed E-state index contributed by atoms with van der Waals surface area (Å²) in [5.41, 5.74) is 2.86. The van der Waals surface area contributed by atoms with Crippen LogP contribution in [0.4, 0.5) is 10.5 Å². The van der Waals surface area contributed by atoms with Crippen molar-refractivity contribution in [2.45, 2.75) is 66.0 Å². The molecule has 6 heteroatoms. The van der Waals surface area contributed by atoms with Crippen molar-refractivity contribution in [2.75, 3.05) is 5.32 Å². The van der Waals surface area contributed by atoms with Gasteiger partial charge in [-0.25, -0.2) is 4.79 Å². The normalized spacial score (nSPS) is 12.3. The number of amides is 1. The van der Waals surface area contributed by atoms with E-state index in [1.54, 1.807) is 12.1 Å². The number of hydrogen-bond donors (Lipinski definition) is 1. The molecule has 0 bridgehead atoms. The predicted molar refractivity (Wildman–Crippen MR) is 132 cm³/mol. The number of nitrogens with one attached hydrogen (secondary N) is 1. The maximum Gasteiger partial charge on any atom is 0.411 e. The summed E-state index contributed by atoms with van der Waals surface area (Å²) in [6.07, 6.45) is -0.782. The Morgan fingerprint density at radius 3 is 2.12 bits per heavy atom. The highest BCUT2D eigenvalue weighted by molar-refractivity contribution is 5.84. The summed E-state index contributed by atoms with van der Waals surface area (Å²) < 4.78 is 13.6. The molecule has 176 valence electrons. The van der Waals surface area contributed by atoms with Gasteiger partial charge in [0, 0.05) is 11.4 Å². The van der Waals surface area contributed by atoms with Crippen molar-refractivity contribution in [1.29, 1.82) is 0 Å². The minimum absolute atomic E-state index is 0.143. The smallest absolute Gasteiger partial charge is 0.411 e. The van der Waals surface area contributed by atoms with Crippen molar-refractivity contribution in [2.24, 2.45) is 5.92 Å². The lowest BCUT2D eigenvalue weighted by Crippen LogP contribution is -2.31. The summed E-state index contributed by atoms with van der Waals surface area (Å²) in [6.45, 7) is 13.2. The zero-order valence-corrected chi connectivity index (χ0v) is 20.4. The number of benzene rings is 2. The molecule has 0 saturated heterocycles. The molecule has 0 aliphatic rings. The second kappa shape index (κ2) is 11.0. The summed E-state index contributed by atoms with van der Waals surface area (Å²) in [4.78, 5) is 12.6. The third kappa shape index (κ3) is 6.85. The van der Waals surface area contributed by atoms with Gasteiger partial charge in [-0.1, -0.05) is 59.7 Å². The third-order valence-corrected chi connectivity index (χ3v) is 5.45. The van der Waals surface area contributed by atoms with Crippen LogP contribution in [0.15, 0.2) is 60.7 Å². The fourth-order valence-electron chi connectivity index (χ4n) is 3.42. The number of aromatic nitrogens is 2. The fraction of sp³-hybridized carbons (Fsp3) is 0.407. The van der Waals surface area contributed by atoms with Gasteiger partial charge in [-0.2, -0.15) is 5.10 Å². The van der Waals surface area contributed by atoms with Crippen LogP contribution in [0.1, 0.15) is 64.8 Å². The summed E-state index contributed by atoms with van der Waals surface area (Å²) in [7, 11) is 0. The Morgan fingerprint density at radius 1 is 0.909 bits per heavy atom. The number of hydrogen-bond acceptors (Lipinski definition) is 4. The monoisotopic (exact) mass is 449 g/mol. The van der Waals surface area contributed by atoms with E-state index in [2.05, 4.69) is 52.9 Å². The number of nitrogens with zero attached hydrogens (tertiary/aromatic N) is 2. The number of ether oxygens (including phenoxy) is 2. The largest absolute Gasteiger partial charge is 0.457 e. The van der Waals surface area contributed by atoms with Crippen LogP contribution in [0.5, 0.6) is 11.5 Å². The molecule has 33 heavy (non-hydrogen) atoms. The summed E-state index contributed by atoms with van der Waals surface area (Å²) in [6, 6.07) is 18.9. The summed E-state index contributed by atoms with van der Waals surface area (Å²) in [5, 5.41) is 7.60. The first-order valence-corrected chi connectivity index (χ1v) is 11.6. The average Bonchev–Trinajstić information content (AvgIpc) is 3.20. The van der Waals surface area contributed by atoms with Crippen molar-refractivity contribution < 1.29 is 14.3 Å². The lowest BCUT2D eigenvalue weighted by Gasteiger charge is -2.23. The molecule has 1 amide bonds. The lowest BCUT2D eigenvalue weighted by molar-refractivity contribution is 0.0672. The number of carbonyl (C=O) groups is 1. The molecule has 6 nitrogen and oxygen atoms in total. The SMILES string of the molecule is CC(C)c1cc(C(C)C)n(C[C@H](OC(=O)Nc2ccc(Oc3ccccc3)cc2)C(C)C)n1. The molecule has 2 aromatic carbocycles. The molecule has 0 aliphatic carbocycles. The van der Waals surface area contributed by atoms with Gasteiger partial charge in [-0.15, -0.1) is 0 Å². The highest BCUT2D eigenvalue weighted by atomic mass is 16.6. The molecule has 0 saturated carbocycles. The van der Waals surface area contributed by atoms with Crippen LogP contribution in [-0.2, 0) is 11.3 Å². The molecule has 0 aliphatic heterocycles. The van der Waals surface area contributed by atoms with Gasteiger partial charge in [0.2, 0.25) is 0 Å². The van der Waals surface area contributed by atoms with Crippen LogP contribution in [0.2, 0.25) is 0 Å². The Balaban J connectivity index is 1.63. The van der Waals surface area contributed by atoms with E-state index in [-0.39, 0.29) is 12.0 Å². The fourth-order valence-corrected chi connectivity index (χ4v) is 3.42. The number of para-hydroxylation sites is 1. The quantitative estimate of drug-likeness (QED) is 0.375. The van der Waals surface area contributed by atoms with Gasteiger partial charge in [0.1, 0.15) is 17.6 Å². The van der Waals surface area contributed by atoms with Gasteiger partial charge in [-0.05, 0) is 60.2 Å². The number of anilines is 1. The van der Waals surface area contributed by atoms with Crippen LogP contribution in [0, 0.1) is 5.92 Å². The van der Waals surface area contributed by atoms with E-state index in [0.717, 1.165) is 17.1 Å². The molecule has 1 atom stereocenters. The highest BCUT2D eigenvalue weighted by Gasteiger charge is 2.23. The van der Waals surface area contributed by atoms with E-state index >= 15 is 0 Å². The molecule has 1 heterocycles. The Bertz CT molecular complexity index is 1020. The van der Waals surface area contributed by atoms with E-state index in [9.17, 15) is 4.79 Å². The molecule has 1 N–H and O–H groups in total. The van der Waals surface area contributed by atoms with Crippen molar-refractivity contribution in [3.8, 4) is 11.5 Å². The lowest BCUT2D eigenvalue weighted by atomic mass is 10.1. The average molecular weight is 450 g/mol. The molecule has 0 fully saturated rings. The molecule has 3 aromatic rings. The Morgan fingerprint density at radius 2 is 1.55 bits per heavy atom. The van der Waals surface area contributed by atoms with E-state index in [1.165, 1.54) is 0 Å². The predicted octanol–water partition coefficient (Wildman–Crippen LogP) is 7.20. The molecule has 0 radical (unpaired) electrons. The minimum Gasteiger partial charge on any atom is -0.457 e. The summed E-state index contributed by atoms with van der Waals surface area (Å²) in [5.74, 6) is 2.28. The number of carbonyl (C=O) groups excluding carboxylic acids is 1. The van der Waals surface area contributed by atoms with Crippen molar-refractivity contribution >= 4 is 11.8 Å².